The van der Waals surface area contributed by atoms with Crippen LogP contribution in [0.1, 0.15) is 27.2 Å². The fourth-order valence-electron chi connectivity index (χ4n) is 2.74. The summed E-state index contributed by atoms with van der Waals surface area (Å²) < 4.78 is 10.6. The predicted molar refractivity (Wildman–Crippen MR) is 87.6 cm³/mol. The molecule has 2 aliphatic heterocycles. The van der Waals surface area contributed by atoms with Crippen LogP contribution in [0.5, 0.6) is 0 Å². The van der Waals surface area contributed by atoms with Gasteiger partial charge in [0, 0.05) is 26.2 Å². The minimum Gasteiger partial charge on any atom is -0.444 e. The van der Waals surface area contributed by atoms with Gasteiger partial charge < -0.3 is 19.9 Å². The van der Waals surface area contributed by atoms with Crippen LogP contribution in [-0.2, 0) is 14.3 Å². The van der Waals surface area contributed by atoms with E-state index in [9.17, 15) is 14.7 Å². The Balaban J connectivity index is 1.82. The van der Waals surface area contributed by atoms with Crippen LogP contribution in [0.4, 0.5) is 4.79 Å². The number of carbonyl (C=O) groups is 2. The number of rotatable bonds is 5. The summed E-state index contributed by atoms with van der Waals surface area (Å²) in [6.45, 7) is 9.26. The first kappa shape index (κ1) is 19.0. The maximum atomic E-state index is 12.4. The van der Waals surface area contributed by atoms with Gasteiger partial charge in [-0.3, -0.25) is 14.6 Å². The second-order valence-electron chi connectivity index (χ2n) is 7.28. The molecule has 2 amide bonds. The van der Waals surface area contributed by atoms with E-state index in [0.29, 0.717) is 32.7 Å². The Morgan fingerprint density at radius 1 is 1.29 bits per heavy atom. The maximum Gasteiger partial charge on any atom is 0.410 e. The molecule has 2 aliphatic rings. The summed E-state index contributed by atoms with van der Waals surface area (Å²) in [5.74, 6) is -0.237. The fourth-order valence-corrected chi connectivity index (χ4v) is 2.74. The Bertz CT molecular complexity index is 445. The highest BCUT2D eigenvalue weighted by atomic mass is 16.6. The standard InChI is InChI=1S/C16H29N3O5/c1-16(2,3)24-15(22)19-5-4-13(19)14(21)17-12(11-20)10-18-6-8-23-9-7-18/h12-13,20H,4-11H2,1-3H3,(H,17,21)/t12?,13-/m1/s1. The molecule has 2 atom stereocenters. The topological polar surface area (TPSA) is 91.3 Å². The van der Waals surface area contributed by atoms with E-state index in [1.54, 1.807) is 20.8 Å². The summed E-state index contributed by atoms with van der Waals surface area (Å²) in [5.41, 5.74) is -0.586. The van der Waals surface area contributed by atoms with E-state index in [4.69, 9.17) is 9.47 Å². The van der Waals surface area contributed by atoms with E-state index >= 15 is 0 Å². The van der Waals surface area contributed by atoms with E-state index in [1.165, 1.54) is 4.90 Å². The van der Waals surface area contributed by atoms with Gasteiger partial charge in [-0.1, -0.05) is 0 Å². The molecule has 2 saturated heterocycles. The molecule has 0 aromatic carbocycles. The normalized spacial score (nSPS) is 23.3. The molecule has 0 saturated carbocycles. The third kappa shape index (κ3) is 5.32. The highest BCUT2D eigenvalue weighted by Crippen LogP contribution is 2.21. The number of amides is 2. The number of carbonyl (C=O) groups excluding carboxylic acids is 2. The van der Waals surface area contributed by atoms with Crippen LogP contribution in [-0.4, -0.2) is 90.6 Å². The van der Waals surface area contributed by atoms with Crippen molar-refractivity contribution in [3.63, 3.8) is 0 Å². The molecule has 2 fully saturated rings. The lowest BCUT2D eigenvalue weighted by Crippen LogP contribution is -2.61. The Hall–Kier alpha value is -1.38. The molecule has 8 heteroatoms. The molecule has 0 radical (unpaired) electrons. The Morgan fingerprint density at radius 3 is 2.46 bits per heavy atom. The van der Waals surface area contributed by atoms with Crippen molar-refractivity contribution in [1.29, 1.82) is 0 Å². The zero-order valence-corrected chi connectivity index (χ0v) is 14.8. The molecule has 0 spiro atoms. The molecular formula is C16H29N3O5. The van der Waals surface area contributed by atoms with Crippen molar-refractivity contribution in [2.24, 2.45) is 0 Å². The van der Waals surface area contributed by atoms with Crippen LogP contribution in [0.2, 0.25) is 0 Å². The lowest BCUT2D eigenvalue weighted by atomic mass is 10.0. The predicted octanol–water partition coefficient (Wildman–Crippen LogP) is -0.195. The number of nitrogens with one attached hydrogen (secondary N) is 1. The minimum atomic E-state index is -0.586. The number of morpholine rings is 1. The van der Waals surface area contributed by atoms with Gasteiger partial charge in [-0.15, -0.1) is 0 Å². The van der Waals surface area contributed by atoms with E-state index in [0.717, 1.165) is 13.1 Å². The average Bonchev–Trinajstić information content (AvgIpc) is 2.44. The van der Waals surface area contributed by atoms with Crippen molar-refractivity contribution in [3.05, 3.63) is 0 Å². The molecule has 2 heterocycles. The van der Waals surface area contributed by atoms with E-state index in [1.807, 2.05) is 0 Å². The summed E-state index contributed by atoms with van der Waals surface area (Å²) >= 11 is 0. The molecular weight excluding hydrogens is 314 g/mol. The summed E-state index contributed by atoms with van der Waals surface area (Å²) in [5, 5.41) is 12.4. The molecule has 0 aromatic heterocycles. The Kier molecular flexibility index (Phi) is 6.42. The summed E-state index contributed by atoms with van der Waals surface area (Å²) in [6, 6.07) is -0.865. The molecule has 0 aromatic rings. The van der Waals surface area contributed by atoms with Crippen LogP contribution < -0.4 is 5.32 Å². The van der Waals surface area contributed by atoms with E-state index in [2.05, 4.69) is 10.2 Å². The van der Waals surface area contributed by atoms with Gasteiger partial charge in [-0.05, 0) is 27.2 Å². The summed E-state index contributed by atoms with van der Waals surface area (Å²) in [4.78, 5) is 28.1. The smallest absolute Gasteiger partial charge is 0.410 e. The molecule has 2 rings (SSSR count). The number of aliphatic hydroxyl groups excluding tert-OH is 1. The average molecular weight is 343 g/mol. The number of nitrogens with zero attached hydrogens (tertiary/aromatic N) is 2. The highest BCUT2D eigenvalue weighted by Gasteiger charge is 2.40. The lowest BCUT2D eigenvalue weighted by Gasteiger charge is -2.41. The molecule has 1 unspecified atom stereocenters. The zero-order chi connectivity index (χ0) is 17.7. The largest absolute Gasteiger partial charge is 0.444 e. The third-order valence-corrected chi connectivity index (χ3v) is 4.10. The molecule has 2 N–H and O–H groups in total. The van der Waals surface area contributed by atoms with Crippen molar-refractivity contribution >= 4 is 12.0 Å². The first-order valence-corrected chi connectivity index (χ1v) is 8.51. The van der Waals surface area contributed by atoms with Gasteiger partial charge in [-0.2, -0.15) is 0 Å². The minimum absolute atomic E-state index is 0.137. The lowest BCUT2D eigenvalue weighted by molar-refractivity contribution is -0.131. The molecule has 0 aliphatic carbocycles. The van der Waals surface area contributed by atoms with Gasteiger partial charge in [-0.25, -0.2) is 4.79 Å². The van der Waals surface area contributed by atoms with E-state index in [-0.39, 0.29) is 18.6 Å². The van der Waals surface area contributed by atoms with Crippen molar-refractivity contribution in [3.8, 4) is 0 Å². The van der Waals surface area contributed by atoms with Gasteiger partial charge in [0.2, 0.25) is 5.91 Å². The van der Waals surface area contributed by atoms with Gasteiger partial charge in [0.15, 0.2) is 0 Å². The third-order valence-electron chi connectivity index (χ3n) is 4.10. The number of likely N-dealkylation sites (tertiary alicyclic amines) is 1. The summed E-state index contributed by atoms with van der Waals surface area (Å²) in [7, 11) is 0. The maximum absolute atomic E-state index is 12.4. The number of aliphatic hydroxyl groups is 1. The molecule has 0 bridgehead atoms. The second-order valence-corrected chi connectivity index (χ2v) is 7.28. The Labute approximate surface area is 143 Å². The van der Waals surface area contributed by atoms with Crippen molar-refractivity contribution in [1.82, 2.24) is 15.1 Å². The monoisotopic (exact) mass is 343 g/mol. The zero-order valence-electron chi connectivity index (χ0n) is 14.8. The van der Waals surface area contributed by atoms with Crippen LogP contribution >= 0.6 is 0 Å². The molecule has 138 valence electrons. The Morgan fingerprint density at radius 2 is 1.96 bits per heavy atom. The van der Waals surface area contributed by atoms with Crippen LogP contribution in [0.15, 0.2) is 0 Å². The van der Waals surface area contributed by atoms with E-state index < -0.39 is 17.7 Å². The summed E-state index contributed by atoms with van der Waals surface area (Å²) in [6.07, 6.45) is 0.142. The number of hydrogen-bond donors (Lipinski definition) is 2. The van der Waals surface area contributed by atoms with Gasteiger partial charge in [0.1, 0.15) is 11.6 Å². The first-order chi connectivity index (χ1) is 11.3. The van der Waals surface area contributed by atoms with Gasteiger partial charge in [0.05, 0.1) is 25.9 Å². The fraction of sp³-hybridized carbons (Fsp3) is 0.875. The quantitative estimate of drug-likeness (QED) is 0.719. The first-order valence-electron chi connectivity index (χ1n) is 8.51. The SMILES string of the molecule is CC(C)(C)OC(=O)N1CC[C@@H]1C(=O)NC(CO)CN1CCOCC1. The van der Waals surface area contributed by atoms with Crippen LogP contribution in [0.25, 0.3) is 0 Å². The van der Waals surface area contributed by atoms with Crippen molar-refractivity contribution in [2.45, 2.75) is 44.9 Å². The highest BCUT2D eigenvalue weighted by molar-refractivity contribution is 5.87. The van der Waals surface area contributed by atoms with Gasteiger partial charge >= 0.3 is 6.09 Å². The van der Waals surface area contributed by atoms with Crippen molar-refractivity contribution < 1.29 is 24.2 Å². The number of hydrogen-bond acceptors (Lipinski definition) is 6. The van der Waals surface area contributed by atoms with Crippen LogP contribution in [0, 0.1) is 0 Å². The van der Waals surface area contributed by atoms with Gasteiger partial charge in [0.25, 0.3) is 0 Å². The number of ether oxygens (including phenoxy) is 2. The van der Waals surface area contributed by atoms with Crippen LogP contribution in [0.3, 0.4) is 0 Å². The second kappa shape index (κ2) is 8.13. The molecule has 8 nitrogen and oxygen atoms in total. The van der Waals surface area contributed by atoms with Crippen molar-refractivity contribution in [2.75, 3.05) is 46.0 Å². The molecule has 24 heavy (non-hydrogen) atoms.